The summed E-state index contributed by atoms with van der Waals surface area (Å²) in [5.74, 6) is 5.65. The van der Waals surface area contributed by atoms with Crippen LogP contribution in [-0.4, -0.2) is 20.2 Å². The van der Waals surface area contributed by atoms with E-state index in [0.29, 0.717) is 26.7 Å². The lowest BCUT2D eigenvalue weighted by atomic mass is 10.4. The summed E-state index contributed by atoms with van der Waals surface area (Å²) in [6, 6.07) is 5.24. The van der Waals surface area contributed by atoms with Crippen LogP contribution >= 0.6 is 35.0 Å². The summed E-state index contributed by atoms with van der Waals surface area (Å²) in [4.78, 5) is 9.26. The van der Waals surface area contributed by atoms with Gasteiger partial charge in [0.05, 0.1) is 16.6 Å². The number of benzene rings is 1. The number of hydrogen-bond donors (Lipinski definition) is 3. The van der Waals surface area contributed by atoms with E-state index in [9.17, 15) is 0 Å². The number of nitrogens with one attached hydrogen (secondary N) is 2. The van der Waals surface area contributed by atoms with E-state index in [1.54, 1.807) is 24.4 Å². The van der Waals surface area contributed by atoms with Crippen LogP contribution in [-0.2, 0) is 0 Å². The number of fused-ring (bicyclic) bond motifs is 1. The Kier molecular flexibility index (Phi) is 3.66. The third-order valence-corrected chi connectivity index (χ3v) is 4.24. The van der Waals surface area contributed by atoms with Crippen molar-refractivity contribution in [1.29, 1.82) is 0 Å². The summed E-state index contributed by atoms with van der Waals surface area (Å²) in [5, 5.41) is 9.39. The van der Waals surface area contributed by atoms with E-state index in [1.165, 1.54) is 11.8 Å². The number of nitrogen functional groups attached to an aromatic ring is 1. The lowest BCUT2D eigenvalue weighted by Gasteiger charge is -2.06. The highest BCUT2D eigenvalue weighted by molar-refractivity contribution is 7.99. The molecule has 20 heavy (non-hydrogen) atoms. The van der Waals surface area contributed by atoms with Crippen LogP contribution < -0.4 is 11.3 Å². The summed E-state index contributed by atoms with van der Waals surface area (Å²) in [5.41, 5.74) is 3.01. The molecule has 0 saturated heterocycles. The van der Waals surface area contributed by atoms with Crippen LogP contribution in [0.3, 0.4) is 0 Å². The van der Waals surface area contributed by atoms with E-state index in [4.69, 9.17) is 29.0 Å². The van der Waals surface area contributed by atoms with Crippen molar-refractivity contribution in [3.05, 3.63) is 34.4 Å². The van der Waals surface area contributed by atoms with Gasteiger partial charge in [0.25, 0.3) is 0 Å². The Morgan fingerprint density at radius 2 is 2.10 bits per heavy atom. The summed E-state index contributed by atoms with van der Waals surface area (Å²) < 4.78 is 0. The van der Waals surface area contributed by atoms with Crippen molar-refractivity contribution in [3.63, 3.8) is 0 Å². The van der Waals surface area contributed by atoms with Gasteiger partial charge in [-0.15, -0.1) is 0 Å². The van der Waals surface area contributed by atoms with Crippen molar-refractivity contribution in [3.8, 4) is 0 Å². The first kappa shape index (κ1) is 13.4. The minimum Gasteiger partial charge on any atom is -0.292 e. The molecule has 0 atom stereocenters. The van der Waals surface area contributed by atoms with Crippen molar-refractivity contribution in [2.75, 3.05) is 5.43 Å². The van der Waals surface area contributed by atoms with Gasteiger partial charge in [-0.2, -0.15) is 10.1 Å². The Balaban J connectivity index is 2.09. The van der Waals surface area contributed by atoms with Crippen LogP contribution in [0.25, 0.3) is 11.0 Å². The molecule has 0 fully saturated rings. The second-order valence-electron chi connectivity index (χ2n) is 3.81. The largest absolute Gasteiger partial charge is 0.292 e. The third-order valence-electron chi connectivity index (χ3n) is 2.50. The summed E-state index contributed by atoms with van der Waals surface area (Å²) in [6.45, 7) is 0. The number of rotatable bonds is 3. The fourth-order valence-electron chi connectivity index (χ4n) is 1.61. The van der Waals surface area contributed by atoms with Gasteiger partial charge in [0.15, 0.2) is 5.65 Å². The van der Waals surface area contributed by atoms with E-state index < -0.39 is 0 Å². The zero-order chi connectivity index (χ0) is 14.1. The molecule has 1 aromatic carbocycles. The molecule has 4 N–H and O–H groups in total. The highest BCUT2D eigenvalue weighted by Gasteiger charge is 2.12. The van der Waals surface area contributed by atoms with Crippen molar-refractivity contribution >= 4 is 51.9 Å². The molecule has 0 saturated carbocycles. The number of aromatic nitrogens is 4. The number of nitrogens with zero attached hydrogens (tertiary/aromatic N) is 3. The molecule has 9 heteroatoms. The van der Waals surface area contributed by atoms with Crippen LogP contribution in [0.2, 0.25) is 10.0 Å². The fourth-order valence-corrected chi connectivity index (χ4v) is 3.03. The summed E-state index contributed by atoms with van der Waals surface area (Å²) >= 11 is 13.5. The first-order valence-corrected chi connectivity index (χ1v) is 7.05. The molecule has 3 aromatic rings. The second-order valence-corrected chi connectivity index (χ2v) is 5.68. The molecule has 2 aromatic heterocycles. The van der Waals surface area contributed by atoms with Gasteiger partial charge in [0.1, 0.15) is 5.03 Å². The topological polar surface area (TPSA) is 92.5 Å². The number of H-pyrrole nitrogens is 1. The van der Waals surface area contributed by atoms with Crippen molar-refractivity contribution in [1.82, 2.24) is 20.2 Å². The molecule has 0 spiro atoms. The Labute approximate surface area is 128 Å². The van der Waals surface area contributed by atoms with Crippen molar-refractivity contribution in [2.45, 2.75) is 9.92 Å². The first-order chi connectivity index (χ1) is 9.67. The Morgan fingerprint density at radius 3 is 2.90 bits per heavy atom. The molecule has 0 aliphatic carbocycles. The number of hydrogen-bond acceptors (Lipinski definition) is 6. The lowest BCUT2D eigenvalue weighted by Crippen LogP contribution is -2.10. The molecule has 6 nitrogen and oxygen atoms in total. The Bertz CT molecular complexity index is 775. The Hall–Kier alpha value is -1.54. The van der Waals surface area contributed by atoms with Gasteiger partial charge in [0.2, 0.25) is 5.95 Å². The van der Waals surface area contributed by atoms with Crippen molar-refractivity contribution < 1.29 is 0 Å². The SMILES string of the molecule is NNc1nc(Sc2cc(Cl)ccc2Cl)c2cn[nH]c2n1. The quantitative estimate of drug-likeness (QED) is 0.389. The van der Waals surface area contributed by atoms with E-state index >= 15 is 0 Å². The van der Waals surface area contributed by atoms with E-state index in [1.807, 2.05) is 0 Å². The maximum absolute atomic E-state index is 6.16. The highest BCUT2D eigenvalue weighted by atomic mass is 35.5. The predicted octanol–water partition coefficient (Wildman–Crippen LogP) is 3.10. The first-order valence-electron chi connectivity index (χ1n) is 5.48. The van der Waals surface area contributed by atoms with Crippen LogP contribution in [0.5, 0.6) is 0 Å². The average molecular weight is 327 g/mol. The normalized spacial score (nSPS) is 10.9. The number of anilines is 1. The number of halogens is 2. The van der Waals surface area contributed by atoms with Gasteiger partial charge in [-0.1, -0.05) is 35.0 Å². The van der Waals surface area contributed by atoms with Gasteiger partial charge >= 0.3 is 0 Å². The van der Waals surface area contributed by atoms with Gasteiger partial charge in [-0.3, -0.25) is 10.5 Å². The monoisotopic (exact) mass is 326 g/mol. The molecule has 0 amide bonds. The molecule has 0 radical (unpaired) electrons. The minimum absolute atomic E-state index is 0.294. The number of hydrazine groups is 1. The minimum atomic E-state index is 0.294. The number of nitrogens with two attached hydrogens (primary N) is 1. The maximum atomic E-state index is 6.16. The van der Waals surface area contributed by atoms with Gasteiger partial charge in [-0.05, 0) is 18.2 Å². The predicted molar refractivity (Wildman–Crippen MR) is 80.1 cm³/mol. The molecule has 102 valence electrons. The molecule has 2 heterocycles. The van der Waals surface area contributed by atoms with E-state index in [-0.39, 0.29) is 0 Å². The maximum Gasteiger partial charge on any atom is 0.240 e. The molecule has 0 aliphatic heterocycles. The highest BCUT2D eigenvalue weighted by Crippen LogP contribution is 2.37. The summed E-state index contributed by atoms with van der Waals surface area (Å²) in [6.07, 6.45) is 1.65. The van der Waals surface area contributed by atoms with E-state index in [0.717, 1.165) is 10.3 Å². The smallest absolute Gasteiger partial charge is 0.240 e. The standard InChI is InChI=1S/C11H8Cl2N6S/c12-5-1-2-7(13)8(3-5)20-10-6-4-15-19-9(6)16-11(17-10)18-14/h1-4H,14H2,(H2,15,16,17,18,19). The molecule has 3 rings (SSSR count). The summed E-state index contributed by atoms with van der Waals surface area (Å²) in [7, 11) is 0. The molecule has 0 bridgehead atoms. The molecule has 0 unspecified atom stereocenters. The van der Waals surface area contributed by atoms with Gasteiger partial charge < -0.3 is 0 Å². The van der Waals surface area contributed by atoms with Crippen LogP contribution in [0.4, 0.5) is 5.95 Å². The van der Waals surface area contributed by atoms with Crippen LogP contribution in [0, 0.1) is 0 Å². The van der Waals surface area contributed by atoms with Crippen LogP contribution in [0.15, 0.2) is 34.3 Å². The average Bonchev–Trinajstić information content (AvgIpc) is 2.91. The van der Waals surface area contributed by atoms with E-state index in [2.05, 4.69) is 25.6 Å². The molecular weight excluding hydrogens is 319 g/mol. The van der Waals surface area contributed by atoms with Gasteiger partial charge in [-0.25, -0.2) is 10.8 Å². The third kappa shape index (κ3) is 2.53. The molecular formula is C11H8Cl2N6S. The van der Waals surface area contributed by atoms with Crippen molar-refractivity contribution in [2.24, 2.45) is 5.84 Å². The second kappa shape index (κ2) is 5.45. The Morgan fingerprint density at radius 1 is 1.25 bits per heavy atom. The zero-order valence-corrected chi connectivity index (χ0v) is 12.2. The number of aromatic amines is 1. The fraction of sp³-hybridized carbons (Fsp3) is 0. The van der Waals surface area contributed by atoms with Crippen LogP contribution in [0.1, 0.15) is 0 Å². The zero-order valence-electron chi connectivity index (χ0n) is 9.89. The molecule has 0 aliphatic rings. The van der Waals surface area contributed by atoms with Gasteiger partial charge in [0, 0.05) is 9.92 Å². The lowest BCUT2D eigenvalue weighted by molar-refractivity contribution is 1.05.